The molecule has 0 radical (unpaired) electrons. The van der Waals surface area contributed by atoms with Crippen LogP contribution in [0, 0.1) is 6.92 Å². The normalized spacial score (nSPS) is 15.3. The summed E-state index contributed by atoms with van der Waals surface area (Å²) in [7, 11) is -2.97. The third kappa shape index (κ3) is 4.49. The van der Waals surface area contributed by atoms with Gasteiger partial charge in [-0.15, -0.1) is 0 Å². The number of benzene rings is 1. The van der Waals surface area contributed by atoms with Gasteiger partial charge in [-0.1, -0.05) is 25.1 Å². The molecule has 0 unspecified atom stereocenters. The Balaban J connectivity index is 1.97. The summed E-state index contributed by atoms with van der Waals surface area (Å²) in [5.41, 5.74) is 2.15. The Kier molecular flexibility index (Phi) is 5.05. The van der Waals surface area contributed by atoms with Crippen molar-refractivity contribution in [3.8, 4) is 5.75 Å². The van der Waals surface area contributed by atoms with Crippen LogP contribution in [0.3, 0.4) is 0 Å². The largest absolute Gasteiger partial charge is 0.492 e. The van der Waals surface area contributed by atoms with E-state index in [4.69, 9.17) is 4.74 Å². The van der Waals surface area contributed by atoms with E-state index in [1.54, 1.807) is 6.92 Å². The van der Waals surface area contributed by atoms with Crippen LogP contribution in [0.15, 0.2) is 18.2 Å². The molecule has 0 heterocycles. The second kappa shape index (κ2) is 6.59. The van der Waals surface area contributed by atoms with E-state index in [2.05, 4.69) is 5.32 Å². The minimum Gasteiger partial charge on any atom is -0.492 e. The summed E-state index contributed by atoms with van der Waals surface area (Å²) in [4.78, 5) is 0. The fourth-order valence-corrected chi connectivity index (χ4v) is 2.64. The number of nitrogens with one attached hydrogen (secondary N) is 1. The van der Waals surface area contributed by atoms with Gasteiger partial charge in [0.1, 0.15) is 12.4 Å². The molecule has 1 aromatic rings. The van der Waals surface area contributed by atoms with Gasteiger partial charge in [0.15, 0.2) is 9.84 Å². The molecule has 1 saturated carbocycles. The van der Waals surface area contributed by atoms with Crippen molar-refractivity contribution in [3.63, 3.8) is 0 Å². The smallest absolute Gasteiger partial charge is 0.153 e. The molecule has 4 nitrogen and oxygen atoms in total. The average molecular weight is 297 g/mol. The molecule has 0 spiro atoms. The molecule has 1 N–H and O–H groups in total. The molecular weight excluding hydrogens is 274 g/mol. The van der Waals surface area contributed by atoms with Crippen molar-refractivity contribution >= 4 is 9.84 Å². The number of hydrogen-bond donors (Lipinski definition) is 1. The molecule has 1 aliphatic rings. The van der Waals surface area contributed by atoms with Crippen LogP contribution in [0.1, 0.15) is 30.9 Å². The van der Waals surface area contributed by atoms with Crippen LogP contribution in [0.5, 0.6) is 5.75 Å². The van der Waals surface area contributed by atoms with Gasteiger partial charge in [-0.2, -0.15) is 0 Å². The molecule has 0 saturated heterocycles. The van der Waals surface area contributed by atoms with Crippen molar-refractivity contribution < 1.29 is 13.2 Å². The Labute approximate surface area is 121 Å². The van der Waals surface area contributed by atoms with E-state index in [9.17, 15) is 8.42 Å². The van der Waals surface area contributed by atoms with Crippen molar-refractivity contribution in [3.05, 3.63) is 29.3 Å². The maximum absolute atomic E-state index is 11.5. The van der Waals surface area contributed by atoms with Gasteiger partial charge in [0.2, 0.25) is 0 Å². The van der Waals surface area contributed by atoms with Gasteiger partial charge in [-0.3, -0.25) is 0 Å². The number of rotatable bonds is 8. The molecule has 0 bridgehead atoms. The topological polar surface area (TPSA) is 55.4 Å². The van der Waals surface area contributed by atoms with E-state index < -0.39 is 9.84 Å². The molecular formula is C15H23NO3S. The first-order valence-electron chi connectivity index (χ1n) is 7.17. The van der Waals surface area contributed by atoms with Gasteiger partial charge in [-0.05, 0) is 25.3 Å². The number of aryl methyl sites for hydroxylation is 1. The first kappa shape index (κ1) is 15.3. The Hall–Kier alpha value is -1.07. The monoisotopic (exact) mass is 297 g/mol. The molecule has 0 amide bonds. The highest BCUT2D eigenvalue weighted by atomic mass is 32.2. The fourth-order valence-electron chi connectivity index (χ4n) is 2.02. The Bertz CT molecular complexity index is 550. The van der Waals surface area contributed by atoms with Crippen LogP contribution >= 0.6 is 0 Å². The highest BCUT2D eigenvalue weighted by molar-refractivity contribution is 7.91. The maximum atomic E-state index is 11.5. The molecule has 0 aliphatic heterocycles. The zero-order valence-corrected chi connectivity index (χ0v) is 13.0. The second-order valence-corrected chi connectivity index (χ2v) is 7.78. The third-order valence-corrected chi connectivity index (χ3v) is 5.20. The van der Waals surface area contributed by atoms with Gasteiger partial charge < -0.3 is 10.1 Å². The molecule has 0 aromatic heterocycles. The third-order valence-electron chi connectivity index (χ3n) is 3.53. The lowest BCUT2D eigenvalue weighted by molar-refractivity contribution is 0.333. The van der Waals surface area contributed by atoms with E-state index in [1.165, 1.54) is 12.8 Å². The molecule has 112 valence electrons. The summed E-state index contributed by atoms with van der Waals surface area (Å²) in [6.45, 7) is 4.65. The zero-order chi connectivity index (χ0) is 14.6. The minimum atomic E-state index is -2.97. The summed E-state index contributed by atoms with van der Waals surface area (Å²) < 4.78 is 28.7. The minimum absolute atomic E-state index is 0.0767. The highest BCUT2D eigenvalue weighted by Gasteiger charge is 2.21. The van der Waals surface area contributed by atoms with E-state index >= 15 is 0 Å². The zero-order valence-electron chi connectivity index (χ0n) is 12.2. The number of sulfone groups is 1. The van der Waals surface area contributed by atoms with E-state index in [1.807, 2.05) is 25.1 Å². The van der Waals surface area contributed by atoms with Crippen molar-refractivity contribution in [2.24, 2.45) is 0 Å². The van der Waals surface area contributed by atoms with E-state index in [0.717, 1.165) is 23.4 Å². The van der Waals surface area contributed by atoms with Gasteiger partial charge in [-0.25, -0.2) is 8.42 Å². The lowest BCUT2D eigenvalue weighted by Gasteiger charge is -2.14. The van der Waals surface area contributed by atoms with Crippen LogP contribution < -0.4 is 10.1 Å². The van der Waals surface area contributed by atoms with Crippen molar-refractivity contribution in [2.75, 3.05) is 18.1 Å². The summed E-state index contributed by atoms with van der Waals surface area (Å²) in [6.07, 6.45) is 2.49. The Morgan fingerprint density at radius 3 is 2.75 bits per heavy atom. The van der Waals surface area contributed by atoms with Crippen LogP contribution in [-0.4, -0.2) is 32.6 Å². The average Bonchev–Trinajstić information content (AvgIpc) is 3.23. The van der Waals surface area contributed by atoms with Crippen molar-refractivity contribution in [1.82, 2.24) is 5.32 Å². The molecule has 1 aliphatic carbocycles. The molecule has 20 heavy (non-hydrogen) atoms. The quantitative estimate of drug-likeness (QED) is 0.798. The predicted octanol–water partition coefficient (Wildman–Crippen LogP) is 2.06. The summed E-state index contributed by atoms with van der Waals surface area (Å²) in [5.74, 6) is 1.07. The molecule has 1 aromatic carbocycles. The maximum Gasteiger partial charge on any atom is 0.153 e. The molecule has 2 rings (SSSR count). The summed E-state index contributed by atoms with van der Waals surface area (Å²) in [5, 5.41) is 3.46. The highest BCUT2D eigenvalue weighted by Crippen LogP contribution is 2.25. The van der Waals surface area contributed by atoms with Crippen LogP contribution in [-0.2, 0) is 16.4 Å². The van der Waals surface area contributed by atoms with Crippen LogP contribution in [0.25, 0.3) is 0 Å². The second-order valence-electron chi connectivity index (χ2n) is 5.30. The standard InChI is InChI=1S/C15H23NO3S/c1-3-20(17,18)10-9-19-15-12(2)5-4-6-13(15)11-16-14-7-8-14/h4-6,14,16H,3,7-11H2,1-2H3. The van der Waals surface area contributed by atoms with Crippen molar-refractivity contribution in [1.29, 1.82) is 0 Å². The van der Waals surface area contributed by atoms with E-state index in [-0.39, 0.29) is 18.1 Å². The first-order valence-corrected chi connectivity index (χ1v) is 8.99. The Morgan fingerprint density at radius 2 is 2.10 bits per heavy atom. The first-order chi connectivity index (χ1) is 9.52. The summed E-state index contributed by atoms with van der Waals surface area (Å²) >= 11 is 0. The molecule has 1 fully saturated rings. The number of para-hydroxylation sites is 1. The summed E-state index contributed by atoms with van der Waals surface area (Å²) in [6, 6.07) is 6.68. The van der Waals surface area contributed by atoms with Crippen LogP contribution in [0.4, 0.5) is 0 Å². The molecule has 5 heteroatoms. The lowest BCUT2D eigenvalue weighted by Crippen LogP contribution is -2.19. The predicted molar refractivity (Wildman–Crippen MR) is 80.9 cm³/mol. The van der Waals surface area contributed by atoms with Crippen molar-refractivity contribution in [2.45, 2.75) is 39.3 Å². The number of ether oxygens (including phenoxy) is 1. The fraction of sp³-hybridized carbons (Fsp3) is 0.600. The number of hydrogen-bond acceptors (Lipinski definition) is 4. The van der Waals surface area contributed by atoms with Gasteiger partial charge in [0, 0.05) is 23.9 Å². The van der Waals surface area contributed by atoms with Crippen LogP contribution in [0.2, 0.25) is 0 Å². The Morgan fingerprint density at radius 1 is 1.35 bits per heavy atom. The van der Waals surface area contributed by atoms with Gasteiger partial charge in [0.25, 0.3) is 0 Å². The van der Waals surface area contributed by atoms with E-state index in [0.29, 0.717) is 6.04 Å². The van der Waals surface area contributed by atoms with Gasteiger partial charge >= 0.3 is 0 Å². The lowest BCUT2D eigenvalue weighted by atomic mass is 10.1. The SMILES string of the molecule is CCS(=O)(=O)CCOc1c(C)cccc1CNC1CC1. The molecule has 0 atom stereocenters. The van der Waals surface area contributed by atoms with Gasteiger partial charge in [0.05, 0.1) is 5.75 Å².